The van der Waals surface area contributed by atoms with Gasteiger partial charge in [0.15, 0.2) is 0 Å². The van der Waals surface area contributed by atoms with Gasteiger partial charge in [0.1, 0.15) is 0 Å². The van der Waals surface area contributed by atoms with Crippen molar-refractivity contribution in [2.45, 2.75) is 26.5 Å². The first-order valence-electron chi connectivity index (χ1n) is 8.84. The molecule has 132 valence electrons. The minimum atomic E-state index is -0.0319. The molecule has 1 saturated heterocycles. The number of nitrogens with one attached hydrogen (secondary N) is 1. The Morgan fingerprint density at radius 3 is 2.60 bits per heavy atom. The number of aryl methyl sites for hydroxylation is 2. The molecular weight excluding hydrogens is 312 g/mol. The van der Waals surface area contributed by atoms with E-state index in [0.717, 1.165) is 36.3 Å². The van der Waals surface area contributed by atoms with Gasteiger partial charge in [-0.1, -0.05) is 47.5 Å². The van der Waals surface area contributed by atoms with Crippen LogP contribution in [0.3, 0.4) is 0 Å². The zero-order valence-electron chi connectivity index (χ0n) is 15.0. The summed E-state index contributed by atoms with van der Waals surface area (Å²) in [5, 5.41) is 3.02. The Morgan fingerprint density at radius 2 is 1.88 bits per heavy atom. The Labute approximate surface area is 149 Å². The second-order valence-electron chi connectivity index (χ2n) is 6.80. The summed E-state index contributed by atoms with van der Waals surface area (Å²) in [6.07, 6.45) is 0.0346. The van der Waals surface area contributed by atoms with Crippen LogP contribution in [0.2, 0.25) is 0 Å². The molecule has 0 unspecified atom stereocenters. The van der Waals surface area contributed by atoms with Gasteiger partial charge in [0.05, 0.1) is 12.7 Å². The number of nitrogens with zero attached hydrogens (tertiary/aromatic N) is 1. The van der Waals surface area contributed by atoms with Crippen LogP contribution in [0.15, 0.2) is 48.5 Å². The predicted molar refractivity (Wildman–Crippen MR) is 99.7 cm³/mol. The lowest BCUT2D eigenvalue weighted by molar-refractivity contribution is -0.0292. The van der Waals surface area contributed by atoms with Crippen molar-refractivity contribution in [2.24, 2.45) is 0 Å². The molecule has 1 aliphatic heterocycles. The number of hydrogen-bond donors (Lipinski definition) is 1. The van der Waals surface area contributed by atoms with Crippen LogP contribution in [0.1, 0.15) is 27.0 Å². The molecule has 0 bridgehead atoms. The molecule has 1 aliphatic rings. The van der Waals surface area contributed by atoms with Gasteiger partial charge in [0.2, 0.25) is 0 Å². The second-order valence-corrected chi connectivity index (χ2v) is 6.80. The van der Waals surface area contributed by atoms with Gasteiger partial charge < -0.3 is 10.1 Å². The molecule has 4 nitrogen and oxygen atoms in total. The number of carbonyl (C=O) groups excluding carboxylic acids is 1. The second kappa shape index (κ2) is 8.28. The molecule has 0 spiro atoms. The van der Waals surface area contributed by atoms with E-state index in [0.29, 0.717) is 13.2 Å². The van der Waals surface area contributed by atoms with Crippen LogP contribution in [-0.2, 0) is 11.3 Å². The minimum absolute atomic E-state index is 0.0319. The largest absolute Gasteiger partial charge is 0.374 e. The summed E-state index contributed by atoms with van der Waals surface area (Å²) in [7, 11) is 0. The van der Waals surface area contributed by atoms with Crippen molar-refractivity contribution in [3.63, 3.8) is 0 Å². The average molecular weight is 338 g/mol. The summed E-state index contributed by atoms with van der Waals surface area (Å²) < 4.78 is 5.82. The first kappa shape index (κ1) is 17.6. The van der Waals surface area contributed by atoms with Gasteiger partial charge in [-0.3, -0.25) is 9.69 Å². The quantitative estimate of drug-likeness (QED) is 0.911. The first-order valence-corrected chi connectivity index (χ1v) is 8.84. The summed E-state index contributed by atoms with van der Waals surface area (Å²) >= 11 is 0. The number of hydrogen-bond acceptors (Lipinski definition) is 3. The molecule has 25 heavy (non-hydrogen) atoms. The van der Waals surface area contributed by atoms with Crippen molar-refractivity contribution < 1.29 is 9.53 Å². The third kappa shape index (κ3) is 5.15. The summed E-state index contributed by atoms with van der Waals surface area (Å²) in [6.45, 7) is 7.95. The van der Waals surface area contributed by atoms with E-state index in [1.807, 2.05) is 32.0 Å². The van der Waals surface area contributed by atoms with Crippen LogP contribution >= 0.6 is 0 Å². The van der Waals surface area contributed by atoms with E-state index in [1.54, 1.807) is 0 Å². The Balaban J connectivity index is 1.51. The number of benzene rings is 2. The van der Waals surface area contributed by atoms with Gasteiger partial charge in [0.25, 0.3) is 5.91 Å². The maximum Gasteiger partial charge on any atom is 0.251 e. The highest BCUT2D eigenvalue weighted by Gasteiger charge is 2.21. The molecule has 4 heteroatoms. The Bertz CT molecular complexity index is 695. The lowest BCUT2D eigenvalue weighted by Gasteiger charge is -2.33. The van der Waals surface area contributed by atoms with Gasteiger partial charge in [0, 0.05) is 31.7 Å². The molecule has 1 amide bonds. The third-order valence-corrected chi connectivity index (χ3v) is 4.45. The lowest BCUT2D eigenvalue weighted by Crippen LogP contribution is -2.47. The Hall–Kier alpha value is -2.17. The molecule has 2 aromatic carbocycles. The van der Waals surface area contributed by atoms with Gasteiger partial charge >= 0.3 is 0 Å². The van der Waals surface area contributed by atoms with E-state index in [-0.39, 0.29) is 12.0 Å². The van der Waals surface area contributed by atoms with Crippen LogP contribution in [0.25, 0.3) is 0 Å². The van der Waals surface area contributed by atoms with E-state index in [2.05, 4.69) is 40.5 Å². The van der Waals surface area contributed by atoms with Crippen molar-refractivity contribution >= 4 is 5.91 Å². The van der Waals surface area contributed by atoms with Crippen molar-refractivity contribution in [1.29, 1.82) is 0 Å². The zero-order chi connectivity index (χ0) is 17.6. The highest BCUT2D eigenvalue weighted by atomic mass is 16.5. The molecule has 0 aromatic heterocycles. The van der Waals surface area contributed by atoms with E-state index >= 15 is 0 Å². The molecule has 2 aromatic rings. The monoisotopic (exact) mass is 338 g/mol. The normalized spacial score (nSPS) is 18.1. The molecule has 1 fully saturated rings. The predicted octanol–water partition coefficient (Wildman–Crippen LogP) is 2.93. The Morgan fingerprint density at radius 1 is 1.16 bits per heavy atom. The molecule has 0 aliphatic carbocycles. The summed E-state index contributed by atoms with van der Waals surface area (Å²) in [5.74, 6) is -0.0319. The van der Waals surface area contributed by atoms with Crippen LogP contribution in [0.5, 0.6) is 0 Å². The smallest absolute Gasteiger partial charge is 0.251 e. The molecule has 0 saturated carbocycles. The van der Waals surface area contributed by atoms with Crippen molar-refractivity contribution in [3.05, 3.63) is 70.8 Å². The van der Waals surface area contributed by atoms with E-state index < -0.39 is 0 Å². The van der Waals surface area contributed by atoms with Crippen LogP contribution in [-0.4, -0.2) is 43.2 Å². The highest BCUT2D eigenvalue weighted by molar-refractivity contribution is 5.94. The van der Waals surface area contributed by atoms with E-state index in [1.165, 1.54) is 5.56 Å². The van der Waals surface area contributed by atoms with Gasteiger partial charge in [-0.2, -0.15) is 0 Å². The number of carbonyl (C=O) groups is 1. The molecular formula is C21H26N2O2. The molecule has 0 radical (unpaired) electrons. The lowest BCUT2D eigenvalue weighted by atomic mass is 10.1. The summed E-state index contributed by atoms with van der Waals surface area (Å²) in [6, 6.07) is 16.4. The van der Waals surface area contributed by atoms with E-state index in [9.17, 15) is 4.79 Å². The summed E-state index contributed by atoms with van der Waals surface area (Å²) in [5.41, 5.74) is 4.23. The molecule has 1 atom stereocenters. The van der Waals surface area contributed by atoms with Crippen molar-refractivity contribution in [1.82, 2.24) is 10.2 Å². The van der Waals surface area contributed by atoms with E-state index in [4.69, 9.17) is 4.74 Å². The SMILES string of the molecule is Cc1cc(C)cc(C(=O)NC[C@H]2CN(Cc3ccccc3)CCO2)c1. The van der Waals surface area contributed by atoms with Crippen molar-refractivity contribution in [3.8, 4) is 0 Å². The molecule has 1 N–H and O–H groups in total. The molecule has 3 rings (SSSR count). The number of amides is 1. The third-order valence-electron chi connectivity index (χ3n) is 4.45. The minimum Gasteiger partial charge on any atom is -0.374 e. The first-order chi connectivity index (χ1) is 12.1. The fourth-order valence-corrected chi connectivity index (χ4v) is 3.30. The van der Waals surface area contributed by atoms with Crippen LogP contribution in [0, 0.1) is 13.8 Å². The topological polar surface area (TPSA) is 41.6 Å². The fraction of sp³-hybridized carbons (Fsp3) is 0.381. The maximum absolute atomic E-state index is 12.4. The zero-order valence-corrected chi connectivity index (χ0v) is 15.0. The highest BCUT2D eigenvalue weighted by Crippen LogP contribution is 2.11. The maximum atomic E-state index is 12.4. The standard InChI is InChI=1S/C21H26N2O2/c1-16-10-17(2)12-19(11-16)21(24)22-13-20-15-23(8-9-25-20)14-18-6-4-3-5-7-18/h3-7,10-12,20H,8-9,13-15H2,1-2H3,(H,22,24)/t20-/m0/s1. The number of rotatable bonds is 5. The van der Waals surface area contributed by atoms with Crippen molar-refractivity contribution in [2.75, 3.05) is 26.2 Å². The van der Waals surface area contributed by atoms with Gasteiger partial charge in [-0.15, -0.1) is 0 Å². The van der Waals surface area contributed by atoms with Crippen LogP contribution < -0.4 is 5.32 Å². The number of ether oxygens (including phenoxy) is 1. The molecule has 1 heterocycles. The summed E-state index contributed by atoms with van der Waals surface area (Å²) in [4.78, 5) is 14.8. The average Bonchev–Trinajstić information content (AvgIpc) is 2.60. The number of morpholine rings is 1. The van der Waals surface area contributed by atoms with Crippen LogP contribution in [0.4, 0.5) is 0 Å². The Kier molecular flexibility index (Phi) is 5.84. The van der Waals surface area contributed by atoms with Gasteiger partial charge in [-0.05, 0) is 31.5 Å². The van der Waals surface area contributed by atoms with Gasteiger partial charge in [-0.25, -0.2) is 0 Å². The fourth-order valence-electron chi connectivity index (χ4n) is 3.30.